The van der Waals surface area contributed by atoms with E-state index in [1.807, 2.05) is 24.5 Å². The second kappa shape index (κ2) is 8.77. The Morgan fingerprint density at radius 3 is 2.85 bits per heavy atom. The van der Waals surface area contributed by atoms with Crippen molar-refractivity contribution in [3.8, 4) is 0 Å². The zero-order chi connectivity index (χ0) is 18.4. The Morgan fingerprint density at radius 1 is 1.19 bits per heavy atom. The first-order valence-electron chi connectivity index (χ1n) is 9.22. The second-order valence-electron chi connectivity index (χ2n) is 6.52. The minimum absolute atomic E-state index is 0.654. The van der Waals surface area contributed by atoms with Crippen LogP contribution >= 0.6 is 0 Å². The molecule has 26 heavy (non-hydrogen) atoms. The Hall–Kier alpha value is -2.45. The molecule has 140 valence electrons. The first-order valence-corrected chi connectivity index (χ1v) is 9.22. The lowest BCUT2D eigenvalue weighted by molar-refractivity contribution is -0.683. The van der Waals surface area contributed by atoms with Gasteiger partial charge in [-0.15, -0.1) is 0 Å². The second-order valence-corrected chi connectivity index (χ2v) is 6.52. The molecule has 8 nitrogen and oxygen atoms in total. The predicted octanol–water partition coefficient (Wildman–Crippen LogP) is 1.75. The molecule has 0 fully saturated rings. The molecule has 0 bridgehead atoms. The van der Waals surface area contributed by atoms with Crippen LogP contribution in [0.2, 0.25) is 0 Å². The summed E-state index contributed by atoms with van der Waals surface area (Å²) in [6.07, 6.45) is 5.88. The summed E-state index contributed by atoms with van der Waals surface area (Å²) in [5.41, 5.74) is 14.4. The number of nitrogens with two attached hydrogens (primary N) is 2. The fourth-order valence-corrected chi connectivity index (χ4v) is 3.09. The SMILES string of the molecule is CN1CCNc2cc(N=Nc3n(CCCN)cc[n+]3CCCN)ccc21. The van der Waals surface area contributed by atoms with Crippen molar-refractivity contribution in [2.45, 2.75) is 25.9 Å². The van der Waals surface area contributed by atoms with E-state index in [9.17, 15) is 0 Å². The summed E-state index contributed by atoms with van der Waals surface area (Å²) >= 11 is 0. The van der Waals surface area contributed by atoms with Gasteiger partial charge in [0.15, 0.2) is 0 Å². The molecular formula is C18H29N8+. The molecule has 0 amide bonds. The number of nitrogens with zero attached hydrogens (tertiary/aromatic N) is 5. The van der Waals surface area contributed by atoms with Crippen LogP contribution in [-0.2, 0) is 13.1 Å². The number of rotatable bonds is 8. The molecule has 0 spiro atoms. The Kier molecular flexibility index (Phi) is 6.19. The summed E-state index contributed by atoms with van der Waals surface area (Å²) in [4.78, 5) is 2.24. The van der Waals surface area contributed by atoms with Crippen LogP contribution in [0.15, 0.2) is 40.8 Å². The Labute approximate surface area is 154 Å². The molecule has 2 heterocycles. The van der Waals surface area contributed by atoms with Crippen molar-refractivity contribution in [1.29, 1.82) is 0 Å². The summed E-state index contributed by atoms with van der Waals surface area (Å²) < 4.78 is 4.19. The molecule has 1 aromatic heterocycles. The van der Waals surface area contributed by atoms with Gasteiger partial charge in [0.2, 0.25) is 0 Å². The van der Waals surface area contributed by atoms with Crippen molar-refractivity contribution in [2.75, 3.05) is 43.4 Å². The summed E-state index contributed by atoms with van der Waals surface area (Å²) in [6.45, 7) is 4.91. The Morgan fingerprint density at radius 2 is 2.04 bits per heavy atom. The van der Waals surface area contributed by atoms with Gasteiger partial charge in [-0.1, -0.05) is 5.11 Å². The third kappa shape index (κ3) is 4.20. The highest BCUT2D eigenvalue weighted by Gasteiger charge is 2.17. The molecule has 0 saturated carbocycles. The topological polar surface area (TPSA) is 101 Å². The van der Waals surface area contributed by atoms with Crippen LogP contribution in [-0.4, -0.2) is 37.8 Å². The Balaban J connectivity index is 1.83. The van der Waals surface area contributed by atoms with E-state index in [0.29, 0.717) is 13.1 Å². The van der Waals surface area contributed by atoms with Gasteiger partial charge in [-0.25, -0.2) is 9.13 Å². The first-order chi connectivity index (χ1) is 12.7. The number of aromatic nitrogens is 2. The zero-order valence-electron chi connectivity index (χ0n) is 15.4. The maximum Gasteiger partial charge on any atom is 0.421 e. The number of azo groups is 1. The average Bonchev–Trinajstić information content (AvgIpc) is 3.04. The van der Waals surface area contributed by atoms with Crippen molar-refractivity contribution in [3.63, 3.8) is 0 Å². The number of likely N-dealkylation sites (N-methyl/N-ethyl adjacent to an activating group) is 1. The van der Waals surface area contributed by atoms with Crippen LogP contribution < -0.4 is 26.3 Å². The molecule has 1 aliphatic rings. The fourth-order valence-electron chi connectivity index (χ4n) is 3.09. The highest BCUT2D eigenvalue weighted by atomic mass is 15.3. The van der Waals surface area contributed by atoms with Crippen molar-refractivity contribution < 1.29 is 4.57 Å². The lowest BCUT2D eigenvalue weighted by atomic mass is 10.2. The number of nitrogens with one attached hydrogen (secondary N) is 1. The van der Waals surface area contributed by atoms with Gasteiger partial charge in [-0.2, -0.15) is 0 Å². The molecule has 3 rings (SSSR count). The molecule has 0 unspecified atom stereocenters. The number of benzene rings is 1. The van der Waals surface area contributed by atoms with Crippen molar-refractivity contribution in [1.82, 2.24) is 4.57 Å². The summed E-state index contributed by atoms with van der Waals surface area (Å²) in [7, 11) is 2.10. The molecule has 1 aromatic carbocycles. The largest absolute Gasteiger partial charge is 0.421 e. The normalized spacial score (nSPS) is 13.9. The molecule has 0 aliphatic carbocycles. The summed E-state index contributed by atoms with van der Waals surface area (Å²) in [5, 5.41) is 12.4. The highest BCUT2D eigenvalue weighted by molar-refractivity contribution is 5.75. The molecule has 0 radical (unpaired) electrons. The molecule has 1 aliphatic heterocycles. The van der Waals surface area contributed by atoms with E-state index in [1.54, 1.807) is 0 Å². The number of fused-ring (bicyclic) bond motifs is 1. The van der Waals surface area contributed by atoms with Gasteiger partial charge in [0.1, 0.15) is 5.69 Å². The first kappa shape index (κ1) is 18.3. The molecule has 8 heteroatoms. The quantitative estimate of drug-likeness (QED) is 0.495. The van der Waals surface area contributed by atoms with Crippen molar-refractivity contribution in [3.05, 3.63) is 30.6 Å². The van der Waals surface area contributed by atoms with Gasteiger partial charge in [0.05, 0.1) is 36.9 Å². The fraction of sp³-hybridized carbons (Fsp3) is 0.500. The van der Waals surface area contributed by atoms with Gasteiger partial charge in [0, 0.05) is 25.3 Å². The van der Waals surface area contributed by atoms with Crippen molar-refractivity contribution >= 4 is 23.0 Å². The molecular weight excluding hydrogens is 328 g/mol. The third-order valence-electron chi connectivity index (χ3n) is 4.56. The maximum atomic E-state index is 5.65. The number of hydrogen-bond acceptors (Lipinski definition) is 6. The zero-order valence-corrected chi connectivity index (χ0v) is 15.4. The highest BCUT2D eigenvalue weighted by Crippen LogP contribution is 2.32. The number of imidazole rings is 1. The van der Waals surface area contributed by atoms with Crippen LogP contribution in [0.1, 0.15) is 12.8 Å². The van der Waals surface area contributed by atoms with Gasteiger partial charge in [-0.3, -0.25) is 0 Å². The van der Waals surface area contributed by atoms with Crippen LogP contribution in [0.5, 0.6) is 0 Å². The molecule has 0 atom stereocenters. The predicted molar refractivity (Wildman–Crippen MR) is 104 cm³/mol. The Bertz CT molecular complexity index is 726. The van der Waals surface area contributed by atoms with Crippen LogP contribution in [0.25, 0.3) is 0 Å². The maximum absolute atomic E-state index is 5.65. The molecule has 2 aromatic rings. The van der Waals surface area contributed by atoms with E-state index in [0.717, 1.165) is 56.3 Å². The minimum atomic E-state index is 0.654. The lowest BCUT2D eigenvalue weighted by Gasteiger charge is -2.28. The van der Waals surface area contributed by atoms with Crippen LogP contribution in [0, 0.1) is 0 Å². The van der Waals surface area contributed by atoms with Crippen molar-refractivity contribution in [2.24, 2.45) is 21.7 Å². The van der Waals surface area contributed by atoms with E-state index in [2.05, 4.69) is 42.7 Å². The van der Waals surface area contributed by atoms with E-state index < -0.39 is 0 Å². The van der Waals surface area contributed by atoms with Gasteiger partial charge < -0.3 is 21.7 Å². The third-order valence-corrected chi connectivity index (χ3v) is 4.56. The van der Waals surface area contributed by atoms with Crippen LogP contribution in [0.4, 0.5) is 23.0 Å². The average molecular weight is 357 g/mol. The number of anilines is 2. The van der Waals surface area contributed by atoms with E-state index in [4.69, 9.17) is 11.5 Å². The summed E-state index contributed by atoms with van der Waals surface area (Å²) in [6, 6.07) is 6.14. The monoisotopic (exact) mass is 357 g/mol. The van der Waals surface area contributed by atoms with E-state index in [1.165, 1.54) is 5.69 Å². The standard InChI is InChI=1S/C18H29N8/c1-24-11-8-21-16-14-15(4-5-17(16)24)22-23-18-25(9-2-6-19)12-13-26(18)10-3-7-20/h4-5,12-14,21H,2-3,6-11,19-20H2,1H3/q+1. The van der Waals surface area contributed by atoms with Gasteiger partial charge in [0.25, 0.3) is 0 Å². The molecule has 0 saturated heterocycles. The molecule has 5 N–H and O–H groups in total. The number of aryl methyl sites for hydroxylation is 2. The van der Waals surface area contributed by atoms with E-state index >= 15 is 0 Å². The van der Waals surface area contributed by atoms with Gasteiger partial charge >= 0.3 is 5.95 Å². The summed E-state index contributed by atoms with van der Waals surface area (Å²) in [5.74, 6) is 0.828. The lowest BCUT2D eigenvalue weighted by Crippen LogP contribution is -2.33. The van der Waals surface area contributed by atoms with Gasteiger partial charge in [-0.05, 0) is 44.1 Å². The minimum Gasteiger partial charge on any atom is -0.382 e. The number of hydrogen-bond donors (Lipinski definition) is 3. The smallest absolute Gasteiger partial charge is 0.382 e. The van der Waals surface area contributed by atoms with E-state index in [-0.39, 0.29) is 0 Å². The van der Waals surface area contributed by atoms with Crippen LogP contribution in [0.3, 0.4) is 0 Å².